The van der Waals surface area contributed by atoms with Crippen molar-refractivity contribution in [2.24, 2.45) is 0 Å². The Hall–Kier alpha value is -3.76. The molecule has 7 heteroatoms. The highest BCUT2D eigenvalue weighted by molar-refractivity contribution is 6.29. The first-order valence-corrected chi connectivity index (χ1v) is 11.1. The van der Waals surface area contributed by atoms with Crippen LogP contribution < -0.4 is 4.90 Å². The number of rotatable bonds is 5. The fourth-order valence-corrected chi connectivity index (χ4v) is 4.42. The summed E-state index contributed by atoms with van der Waals surface area (Å²) in [5, 5.41) is 8.87. The van der Waals surface area contributed by atoms with Crippen molar-refractivity contribution in [1.29, 1.82) is 5.26 Å². The summed E-state index contributed by atoms with van der Waals surface area (Å²) in [7, 11) is 0. The van der Waals surface area contributed by atoms with Crippen molar-refractivity contribution in [3.05, 3.63) is 76.6 Å². The van der Waals surface area contributed by atoms with Gasteiger partial charge in [-0.1, -0.05) is 42.0 Å². The number of Topliss-reactive ketones (excluding diaryl/α,β-unsaturated/α-hetero) is 2. The Morgan fingerprint density at radius 3 is 2.15 bits per heavy atom. The van der Waals surface area contributed by atoms with Crippen LogP contribution >= 0.6 is 0 Å². The Labute approximate surface area is 193 Å². The van der Waals surface area contributed by atoms with Gasteiger partial charge in [0.1, 0.15) is 11.4 Å². The zero-order valence-electron chi connectivity index (χ0n) is 18.9. The summed E-state index contributed by atoms with van der Waals surface area (Å²) in [4.78, 5) is 45.7. The maximum Gasteiger partial charge on any atom is 0.228 e. The zero-order valence-corrected chi connectivity index (χ0v) is 18.9. The van der Waals surface area contributed by atoms with Crippen molar-refractivity contribution in [3.63, 3.8) is 0 Å². The number of piperazine rings is 1. The molecule has 7 nitrogen and oxygen atoms in total. The highest BCUT2D eigenvalue weighted by atomic mass is 16.2. The summed E-state index contributed by atoms with van der Waals surface area (Å²) < 4.78 is 0. The highest BCUT2D eigenvalue weighted by Gasteiger charge is 2.40. The molecule has 33 heavy (non-hydrogen) atoms. The number of ketones is 2. The first-order valence-electron chi connectivity index (χ1n) is 11.1. The summed E-state index contributed by atoms with van der Waals surface area (Å²) in [6, 6.07) is 16.3. The molecule has 0 radical (unpaired) electrons. The molecule has 0 unspecified atom stereocenters. The third kappa shape index (κ3) is 4.30. The standard InChI is InChI=1S/C26H26N4O3/c1-18-8-10-20(11-9-18)30(19(2)31)24-23(29-16-14-28(15-17-29)13-5-12-27)25(32)21-6-3-4-7-22(21)26(24)33/h3-4,6-11H,5,13-17H2,1-2H3. The number of benzene rings is 2. The number of allylic oxidation sites excluding steroid dienone is 2. The van der Waals surface area contributed by atoms with Crippen LogP contribution in [0.3, 0.4) is 0 Å². The van der Waals surface area contributed by atoms with Gasteiger partial charge < -0.3 is 4.90 Å². The Bertz CT molecular complexity index is 1170. The lowest BCUT2D eigenvalue weighted by atomic mass is 9.88. The summed E-state index contributed by atoms with van der Waals surface area (Å²) in [6.45, 7) is 6.44. The SMILES string of the molecule is CC(=O)N(C1=C(N2CCN(CCC#N)CC2)C(=O)c2ccccc2C1=O)c1ccc(C)cc1. The highest BCUT2D eigenvalue weighted by Crippen LogP contribution is 2.34. The first-order chi connectivity index (χ1) is 15.9. The van der Waals surface area contributed by atoms with Crippen molar-refractivity contribution in [2.45, 2.75) is 20.3 Å². The van der Waals surface area contributed by atoms with Crippen LogP contribution in [0, 0.1) is 18.3 Å². The van der Waals surface area contributed by atoms with Gasteiger partial charge in [0.15, 0.2) is 0 Å². The van der Waals surface area contributed by atoms with E-state index in [4.69, 9.17) is 5.26 Å². The van der Waals surface area contributed by atoms with Gasteiger partial charge >= 0.3 is 0 Å². The molecule has 2 aliphatic rings. The van der Waals surface area contributed by atoms with E-state index in [1.807, 2.05) is 24.0 Å². The number of carbonyl (C=O) groups excluding carboxylic acids is 3. The Kier molecular flexibility index (Phi) is 6.38. The number of anilines is 1. The molecule has 1 aliphatic carbocycles. The molecule has 168 valence electrons. The van der Waals surface area contributed by atoms with E-state index in [9.17, 15) is 14.4 Å². The second-order valence-corrected chi connectivity index (χ2v) is 8.33. The van der Waals surface area contributed by atoms with Gasteiger partial charge in [-0.25, -0.2) is 0 Å². The minimum absolute atomic E-state index is 0.112. The van der Waals surface area contributed by atoms with E-state index in [1.165, 1.54) is 11.8 Å². The summed E-state index contributed by atoms with van der Waals surface area (Å²) in [5.41, 5.74) is 2.64. The normalized spacial score (nSPS) is 16.5. The maximum atomic E-state index is 13.7. The van der Waals surface area contributed by atoms with E-state index in [2.05, 4.69) is 11.0 Å². The summed E-state index contributed by atoms with van der Waals surface area (Å²) in [6.07, 6.45) is 0.449. The molecule has 1 aliphatic heterocycles. The van der Waals surface area contributed by atoms with E-state index in [0.717, 1.165) is 5.56 Å². The van der Waals surface area contributed by atoms with Gasteiger partial charge in [0.2, 0.25) is 17.5 Å². The van der Waals surface area contributed by atoms with Crippen molar-refractivity contribution in [2.75, 3.05) is 37.6 Å². The third-order valence-corrected chi connectivity index (χ3v) is 6.13. The molecule has 1 amide bonds. The largest absolute Gasteiger partial charge is 0.364 e. The Morgan fingerprint density at radius 1 is 0.970 bits per heavy atom. The van der Waals surface area contributed by atoms with Crippen molar-refractivity contribution in [3.8, 4) is 6.07 Å². The molecule has 0 saturated carbocycles. The summed E-state index contributed by atoms with van der Waals surface area (Å²) >= 11 is 0. The fraction of sp³-hybridized carbons (Fsp3) is 0.308. The van der Waals surface area contributed by atoms with Crippen molar-refractivity contribution < 1.29 is 14.4 Å². The van der Waals surface area contributed by atoms with E-state index in [-0.39, 0.29) is 28.9 Å². The predicted molar refractivity (Wildman–Crippen MR) is 125 cm³/mol. The van der Waals surface area contributed by atoms with Gasteiger partial charge in [-0.3, -0.25) is 24.2 Å². The van der Waals surface area contributed by atoms with E-state index >= 15 is 0 Å². The van der Waals surface area contributed by atoms with Gasteiger partial charge in [-0.15, -0.1) is 0 Å². The lowest BCUT2D eigenvalue weighted by molar-refractivity contribution is -0.116. The van der Waals surface area contributed by atoms with Crippen LogP contribution in [-0.2, 0) is 4.79 Å². The van der Waals surface area contributed by atoms with Crippen LogP contribution in [0.4, 0.5) is 5.69 Å². The lowest BCUT2D eigenvalue weighted by Crippen LogP contribution is -2.50. The lowest BCUT2D eigenvalue weighted by Gasteiger charge is -2.39. The van der Waals surface area contributed by atoms with Gasteiger partial charge in [0.05, 0.1) is 6.07 Å². The van der Waals surface area contributed by atoms with E-state index < -0.39 is 0 Å². The fourth-order valence-electron chi connectivity index (χ4n) is 4.42. The molecule has 2 aromatic carbocycles. The minimum atomic E-state index is -0.334. The predicted octanol–water partition coefficient (Wildman–Crippen LogP) is 3.17. The van der Waals surface area contributed by atoms with Gasteiger partial charge in [-0.2, -0.15) is 5.26 Å². The number of nitrogens with zero attached hydrogens (tertiary/aromatic N) is 4. The molecule has 4 rings (SSSR count). The molecule has 0 spiro atoms. The molecule has 0 aromatic heterocycles. The third-order valence-electron chi connectivity index (χ3n) is 6.13. The van der Waals surface area contributed by atoms with Crippen LogP contribution in [0.5, 0.6) is 0 Å². The maximum absolute atomic E-state index is 13.7. The van der Waals surface area contributed by atoms with Crippen molar-refractivity contribution >= 4 is 23.2 Å². The molecule has 1 saturated heterocycles. The van der Waals surface area contributed by atoms with Gasteiger partial charge in [0.25, 0.3) is 0 Å². The first kappa shape index (κ1) is 22.4. The number of fused-ring (bicyclic) bond motifs is 1. The number of hydrogen-bond donors (Lipinski definition) is 0. The molecular formula is C26H26N4O3. The van der Waals surface area contributed by atoms with Crippen LogP contribution in [0.2, 0.25) is 0 Å². The Morgan fingerprint density at radius 2 is 1.58 bits per heavy atom. The molecule has 0 bridgehead atoms. The quantitative estimate of drug-likeness (QED) is 0.707. The Balaban J connectivity index is 1.82. The topological polar surface area (TPSA) is 84.7 Å². The van der Waals surface area contributed by atoms with Crippen LogP contribution in [-0.4, -0.2) is 60.0 Å². The number of nitriles is 1. The monoisotopic (exact) mass is 442 g/mol. The summed E-state index contributed by atoms with van der Waals surface area (Å²) in [5.74, 6) is -0.911. The molecule has 2 aromatic rings. The molecular weight excluding hydrogens is 416 g/mol. The molecule has 0 N–H and O–H groups in total. The average Bonchev–Trinajstić information content (AvgIpc) is 2.82. The molecule has 1 heterocycles. The van der Waals surface area contributed by atoms with E-state index in [0.29, 0.717) is 56.0 Å². The average molecular weight is 443 g/mol. The molecule has 1 fully saturated rings. The molecule has 0 atom stereocenters. The number of carbonyl (C=O) groups is 3. The van der Waals surface area contributed by atoms with Gasteiger partial charge in [0, 0.05) is 62.9 Å². The number of hydrogen-bond acceptors (Lipinski definition) is 6. The van der Waals surface area contributed by atoms with E-state index in [1.54, 1.807) is 36.4 Å². The number of aryl methyl sites for hydroxylation is 1. The number of amides is 1. The van der Waals surface area contributed by atoms with Crippen LogP contribution in [0.25, 0.3) is 0 Å². The van der Waals surface area contributed by atoms with Gasteiger partial charge in [-0.05, 0) is 19.1 Å². The van der Waals surface area contributed by atoms with Crippen LogP contribution in [0.15, 0.2) is 59.9 Å². The second-order valence-electron chi connectivity index (χ2n) is 8.33. The minimum Gasteiger partial charge on any atom is -0.364 e. The zero-order chi connectivity index (χ0) is 23.5. The van der Waals surface area contributed by atoms with Crippen molar-refractivity contribution in [1.82, 2.24) is 9.80 Å². The smallest absolute Gasteiger partial charge is 0.228 e. The second kappa shape index (κ2) is 9.39. The van der Waals surface area contributed by atoms with Crippen LogP contribution in [0.1, 0.15) is 39.6 Å².